The molecule has 2 fully saturated rings. The first-order chi connectivity index (χ1) is 11.0. The second-order valence-electron chi connectivity index (χ2n) is 6.67. The fourth-order valence-corrected chi connectivity index (χ4v) is 3.29. The van der Waals surface area contributed by atoms with E-state index in [0.29, 0.717) is 12.1 Å². The van der Waals surface area contributed by atoms with Crippen molar-refractivity contribution in [2.24, 2.45) is 0 Å². The van der Waals surface area contributed by atoms with Crippen molar-refractivity contribution in [2.75, 3.05) is 43.5 Å². The van der Waals surface area contributed by atoms with Crippen LogP contribution >= 0.6 is 0 Å². The summed E-state index contributed by atoms with van der Waals surface area (Å²) in [5.74, 6) is 1.18. The molecule has 0 amide bonds. The molecule has 1 aromatic heterocycles. The van der Waals surface area contributed by atoms with Crippen LogP contribution in [0.2, 0.25) is 0 Å². The zero-order valence-corrected chi connectivity index (χ0v) is 13.9. The normalized spacial score (nSPS) is 19.6. The van der Waals surface area contributed by atoms with Gasteiger partial charge >= 0.3 is 5.97 Å². The van der Waals surface area contributed by atoms with Crippen molar-refractivity contribution in [1.82, 2.24) is 14.9 Å². The zero-order chi connectivity index (χ0) is 16.4. The van der Waals surface area contributed by atoms with Crippen LogP contribution in [0.15, 0.2) is 12.4 Å². The Balaban J connectivity index is 1.71. The third kappa shape index (κ3) is 3.90. The molecule has 1 saturated heterocycles. The van der Waals surface area contributed by atoms with E-state index in [0.717, 1.165) is 37.6 Å². The Kier molecular flexibility index (Phi) is 4.66. The average molecular weight is 319 g/mol. The number of aliphatic carboxylic acids is 1. The molecule has 23 heavy (non-hydrogen) atoms. The van der Waals surface area contributed by atoms with Crippen molar-refractivity contribution in [3.63, 3.8) is 0 Å². The van der Waals surface area contributed by atoms with Crippen LogP contribution in [-0.4, -0.2) is 71.8 Å². The molecule has 1 aromatic rings. The molecule has 1 saturated carbocycles. The maximum atomic E-state index is 10.9. The molecule has 1 aliphatic heterocycles. The number of hydrogen-bond donors (Lipinski definition) is 1. The van der Waals surface area contributed by atoms with Gasteiger partial charge in [0.25, 0.3) is 0 Å². The SMILES string of the molecule is CN(C)c1cc(N(C2CC2)C2CCN(CC(=O)O)CC2)ncn1. The topological polar surface area (TPSA) is 72.8 Å². The number of piperidine rings is 1. The number of likely N-dealkylation sites (tertiary alicyclic amines) is 1. The van der Waals surface area contributed by atoms with E-state index in [1.54, 1.807) is 6.33 Å². The van der Waals surface area contributed by atoms with E-state index in [-0.39, 0.29) is 6.54 Å². The van der Waals surface area contributed by atoms with Gasteiger partial charge in [0.2, 0.25) is 0 Å². The summed E-state index contributed by atoms with van der Waals surface area (Å²) in [7, 11) is 3.97. The minimum atomic E-state index is -0.742. The van der Waals surface area contributed by atoms with Gasteiger partial charge in [-0.3, -0.25) is 9.69 Å². The number of carbonyl (C=O) groups is 1. The highest BCUT2D eigenvalue weighted by molar-refractivity contribution is 5.69. The Morgan fingerprint density at radius 3 is 2.35 bits per heavy atom. The van der Waals surface area contributed by atoms with E-state index < -0.39 is 5.97 Å². The highest BCUT2D eigenvalue weighted by Crippen LogP contribution is 2.35. The Labute approximate surface area is 136 Å². The van der Waals surface area contributed by atoms with E-state index in [9.17, 15) is 4.79 Å². The molecular formula is C16H25N5O2. The predicted molar refractivity (Wildman–Crippen MR) is 89.0 cm³/mol. The molecule has 7 heteroatoms. The van der Waals surface area contributed by atoms with Gasteiger partial charge in [-0.1, -0.05) is 0 Å². The second kappa shape index (κ2) is 6.70. The van der Waals surface area contributed by atoms with Crippen molar-refractivity contribution in [2.45, 2.75) is 37.8 Å². The molecule has 0 spiro atoms. The molecule has 126 valence electrons. The van der Waals surface area contributed by atoms with Crippen molar-refractivity contribution in [3.8, 4) is 0 Å². The Morgan fingerprint density at radius 1 is 1.17 bits per heavy atom. The quantitative estimate of drug-likeness (QED) is 0.840. The number of anilines is 2. The molecular weight excluding hydrogens is 294 g/mol. The smallest absolute Gasteiger partial charge is 0.317 e. The standard InChI is InChI=1S/C16H25N5O2/c1-19(2)14-9-15(18-11-17-14)21(12-3-4-12)13-5-7-20(8-6-13)10-16(22)23/h9,11-13H,3-8,10H2,1-2H3,(H,22,23). The highest BCUT2D eigenvalue weighted by Gasteiger charge is 2.36. The summed E-state index contributed by atoms with van der Waals surface area (Å²) in [6.07, 6.45) is 6.06. The van der Waals surface area contributed by atoms with Crippen molar-refractivity contribution in [1.29, 1.82) is 0 Å². The molecule has 0 bridgehead atoms. The molecule has 1 aliphatic carbocycles. The fourth-order valence-electron chi connectivity index (χ4n) is 3.29. The number of carboxylic acid groups (broad SMARTS) is 1. The van der Waals surface area contributed by atoms with Gasteiger partial charge in [-0.25, -0.2) is 9.97 Å². The Bertz CT molecular complexity index is 553. The second-order valence-corrected chi connectivity index (χ2v) is 6.67. The largest absolute Gasteiger partial charge is 0.480 e. The van der Waals surface area contributed by atoms with Crippen LogP contribution in [0.3, 0.4) is 0 Å². The Morgan fingerprint density at radius 2 is 1.78 bits per heavy atom. The molecule has 0 unspecified atom stereocenters. The lowest BCUT2D eigenvalue weighted by molar-refractivity contribution is -0.138. The maximum absolute atomic E-state index is 10.9. The van der Waals surface area contributed by atoms with Crippen LogP contribution in [0.5, 0.6) is 0 Å². The fraction of sp³-hybridized carbons (Fsp3) is 0.688. The summed E-state index contributed by atoms with van der Waals surface area (Å²) >= 11 is 0. The van der Waals surface area contributed by atoms with Crippen LogP contribution in [0.1, 0.15) is 25.7 Å². The molecule has 7 nitrogen and oxygen atoms in total. The lowest BCUT2D eigenvalue weighted by atomic mass is 10.0. The van der Waals surface area contributed by atoms with Gasteiger partial charge in [-0.05, 0) is 25.7 Å². The Hall–Kier alpha value is -1.89. The summed E-state index contributed by atoms with van der Waals surface area (Å²) in [6, 6.07) is 3.08. The van der Waals surface area contributed by atoms with Crippen LogP contribution < -0.4 is 9.80 Å². The lowest BCUT2D eigenvalue weighted by Crippen LogP contribution is -2.47. The van der Waals surface area contributed by atoms with Crippen LogP contribution in [0.4, 0.5) is 11.6 Å². The number of carboxylic acids is 1. The van der Waals surface area contributed by atoms with E-state index in [1.165, 1.54) is 12.8 Å². The number of hydrogen-bond acceptors (Lipinski definition) is 6. The number of rotatable bonds is 6. The van der Waals surface area contributed by atoms with E-state index in [1.807, 2.05) is 23.9 Å². The van der Waals surface area contributed by atoms with Crippen LogP contribution in [-0.2, 0) is 4.79 Å². The van der Waals surface area contributed by atoms with Gasteiger partial charge < -0.3 is 14.9 Å². The number of aromatic nitrogens is 2. The first kappa shape index (κ1) is 16.0. The van der Waals surface area contributed by atoms with Gasteiger partial charge in [-0.15, -0.1) is 0 Å². The van der Waals surface area contributed by atoms with Gasteiger partial charge in [0, 0.05) is 45.3 Å². The monoisotopic (exact) mass is 319 g/mol. The third-order valence-electron chi connectivity index (χ3n) is 4.61. The van der Waals surface area contributed by atoms with Crippen LogP contribution in [0.25, 0.3) is 0 Å². The van der Waals surface area contributed by atoms with E-state index in [4.69, 9.17) is 5.11 Å². The van der Waals surface area contributed by atoms with Gasteiger partial charge in [-0.2, -0.15) is 0 Å². The summed E-state index contributed by atoms with van der Waals surface area (Å²) in [4.78, 5) is 26.1. The van der Waals surface area contributed by atoms with Crippen molar-refractivity contribution in [3.05, 3.63) is 12.4 Å². The summed E-state index contributed by atoms with van der Waals surface area (Å²) in [6.45, 7) is 1.83. The van der Waals surface area contributed by atoms with Crippen molar-refractivity contribution < 1.29 is 9.90 Å². The molecule has 0 radical (unpaired) electrons. The predicted octanol–water partition coefficient (Wildman–Crippen LogP) is 1.06. The van der Waals surface area contributed by atoms with Crippen molar-refractivity contribution >= 4 is 17.6 Å². The minimum absolute atomic E-state index is 0.147. The molecule has 3 rings (SSSR count). The average Bonchev–Trinajstić information content (AvgIpc) is 3.34. The summed E-state index contributed by atoms with van der Waals surface area (Å²) in [5.41, 5.74) is 0. The molecule has 1 N–H and O–H groups in total. The summed E-state index contributed by atoms with van der Waals surface area (Å²) in [5, 5.41) is 8.93. The summed E-state index contributed by atoms with van der Waals surface area (Å²) < 4.78 is 0. The first-order valence-electron chi connectivity index (χ1n) is 8.26. The molecule has 0 aromatic carbocycles. The zero-order valence-electron chi connectivity index (χ0n) is 13.9. The number of nitrogens with zero attached hydrogens (tertiary/aromatic N) is 5. The third-order valence-corrected chi connectivity index (χ3v) is 4.61. The van der Waals surface area contributed by atoms with Gasteiger partial charge in [0.1, 0.15) is 18.0 Å². The van der Waals surface area contributed by atoms with Gasteiger partial charge in [0.15, 0.2) is 0 Å². The molecule has 0 atom stereocenters. The highest BCUT2D eigenvalue weighted by atomic mass is 16.4. The molecule has 2 aliphatic rings. The minimum Gasteiger partial charge on any atom is -0.480 e. The van der Waals surface area contributed by atoms with Gasteiger partial charge in [0.05, 0.1) is 6.54 Å². The maximum Gasteiger partial charge on any atom is 0.317 e. The van der Waals surface area contributed by atoms with E-state index in [2.05, 4.69) is 20.9 Å². The first-order valence-corrected chi connectivity index (χ1v) is 8.26. The van der Waals surface area contributed by atoms with Crippen LogP contribution in [0, 0.1) is 0 Å². The lowest BCUT2D eigenvalue weighted by Gasteiger charge is -2.39. The van der Waals surface area contributed by atoms with E-state index >= 15 is 0 Å². The molecule has 2 heterocycles.